The smallest absolute Gasteiger partial charge is 0.263 e. The first-order chi connectivity index (χ1) is 9.35. The second-order valence-electron chi connectivity index (χ2n) is 4.00. The molecule has 20 heavy (non-hydrogen) atoms. The number of sulfonamides is 1. The van der Waals surface area contributed by atoms with Crippen LogP contribution in [0.2, 0.25) is 5.02 Å². The molecule has 0 radical (unpaired) electrons. The molecule has 0 aliphatic heterocycles. The largest absolute Gasteiger partial charge is 0.391 e. The Morgan fingerprint density at radius 2 is 2.15 bits per heavy atom. The maximum Gasteiger partial charge on any atom is 0.263 e. The van der Waals surface area contributed by atoms with Crippen LogP contribution < -0.4 is 4.72 Å². The molecule has 0 atom stereocenters. The van der Waals surface area contributed by atoms with Crippen molar-refractivity contribution in [2.45, 2.75) is 18.4 Å². The highest BCUT2D eigenvalue weighted by Crippen LogP contribution is 2.33. The Balaban J connectivity index is 2.40. The lowest BCUT2D eigenvalue weighted by molar-refractivity contribution is 0.285. The molecule has 2 N–H and O–H groups in total. The minimum atomic E-state index is -3.71. The summed E-state index contributed by atoms with van der Waals surface area (Å²) in [5.41, 5.74) is 0.369. The van der Waals surface area contributed by atoms with Gasteiger partial charge in [-0.15, -0.1) is 11.3 Å². The van der Waals surface area contributed by atoms with Crippen LogP contribution in [0.15, 0.2) is 33.6 Å². The molecule has 0 saturated heterocycles. The van der Waals surface area contributed by atoms with Crippen molar-refractivity contribution in [2.24, 2.45) is 0 Å². The molecular weight excluding hydrogens is 386 g/mol. The molecule has 0 unspecified atom stereocenters. The topological polar surface area (TPSA) is 66.4 Å². The molecule has 1 aromatic heterocycles. The zero-order chi connectivity index (χ0) is 14.9. The molecule has 2 aromatic rings. The van der Waals surface area contributed by atoms with Gasteiger partial charge in [-0.2, -0.15) is 0 Å². The normalized spacial score (nSPS) is 11.6. The molecule has 1 aromatic carbocycles. The number of anilines is 1. The van der Waals surface area contributed by atoms with Crippen LogP contribution in [0.3, 0.4) is 0 Å². The fourth-order valence-corrected chi connectivity index (χ4v) is 4.89. The van der Waals surface area contributed by atoms with E-state index in [-0.39, 0.29) is 11.5 Å². The summed E-state index contributed by atoms with van der Waals surface area (Å²) >= 11 is 10.4. The summed E-state index contributed by atoms with van der Waals surface area (Å²) in [6, 6.07) is 6.40. The van der Waals surface area contributed by atoms with E-state index in [4.69, 9.17) is 16.7 Å². The third kappa shape index (κ3) is 3.17. The van der Waals surface area contributed by atoms with E-state index in [1.165, 1.54) is 17.4 Å². The fraction of sp³-hybridized carbons (Fsp3) is 0.167. The van der Waals surface area contributed by atoms with E-state index in [1.807, 2.05) is 0 Å². The van der Waals surface area contributed by atoms with Crippen molar-refractivity contribution < 1.29 is 13.5 Å². The third-order valence-electron chi connectivity index (χ3n) is 2.56. The van der Waals surface area contributed by atoms with Gasteiger partial charge in [-0.1, -0.05) is 17.7 Å². The summed E-state index contributed by atoms with van der Waals surface area (Å²) in [7, 11) is -3.71. The van der Waals surface area contributed by atoms with Crippen molar-refractivity contribution in [1.29, 1.82) is 0 Å². The number of thiophene rings is 1. The Hall–Kier alpha value is -0.600. The van der Waals surface area contributed by atoms with Crippen LogP contribution in [0, 0.1) is 6.92 Å². The van der Waals surface area contributed by atoms with E-state index in [0.29, 0.717) is 24.9 Å². The van der Waals surface area contributed by atoms with Crippen molar-refractivity contribution in [3.8, 4) is 0 Å². The average molecular weight is 397 g/mol. The lowest BCUT2D eigenvalue weighted by Gasteiger charge is -2.10. The Bertz CT molecular complexity index is 743. The first-order valence-electron chi connectivity index (χ1n) is 5.52. The van der Waals surface area contributed by atoms with Gasteiger partial charge in [0.15, 0.2) is 0 Å². The van der Waals surface area contributed by atoms with Gasteiger partial charge in [0.05, 0.1) is 21.8 Å². The van der Waals surface area contributed by atoms with Crippen LogP contribution in [0.25, 0.3) is 0 Å². The fourth-order valence-electron chi connectivity index (χ4n) is 1.65. The monoisotopic (exact) mass is 395 g/mol. The summed E-state index contributed by atoms with van der Waals surface area (Å²) in [4.78, 5) is 1.39. The quantitative estimate of drug-likeness (QED) is 0.827. The lowest BCUT2D eigenvalue weighted by atomic mass is 10.3. The van der Waals surface area contributed by atoms with E-state index >= 15 is 0 Å². The zero-order valence-corrected chi connectivity index (χ0v) is 14.3. The minimum absolute atomic E-state index is 0.165. The minimum Gasteiger partial charge on any atom is -0.391 e. The van der Waals surface area contributed by atoms with Gasteiger partial charge in [-0.25, -0.2) is 8.42 Å². The van der Waals surface area contributed by atoms with Crippen molar-refractivity contribution >= 4 is 54.6 Å². The van der Waals surface area contributed by atoms with Crippen LogP contribution in [-0.4, -0.2) is 13.5 Å². The number of aliphatic hydroxyl groups is 1. The number of benzene rings is 1. The van der Waals surface area contributed by atoms with Crippen LogP contribution in [0.1, 0.15) is 9.75 Å². The third-order valence-corrected chi connectivity index (χ3v) is 6.62. The van der Waals surface area contributed by atoms with E-state index in [9.17, 15) is 8.42 Å². The second kappa shape index (κ2) is 6.03. The number of halogens is 2. The summed E-state index contributed by atoms with van der Waals surface area (Å²) in [5.74, 6) is 0. The van der Waals surface area contributed by atoms with Crippen molar-refractivity contribution in [3.63, 3.8) is 0 Å². The molecule has 4 nitrogen and oxygen atoms in total. The van der Waals surface area contributed by atoms with Gasteiger partial charge in [0.1, 0.15) is 4.90 Å². The van der Waals surface area contributed by atoms with Crippen LogP contribution in [-0.2, 0) is 16.6 Å². The van der Waals surface area contributed by atoms with Gasteiger partial charge >= 0.3 is 0 Å². The second-order valence-corrected chi connectivity index (χ2v) is 8.19. The van der Waals surface area contributed by atoms with Crippen molar-refractivity contribution in [3.05, 3.63) is 43.5 Å². The highest BCUT2D eigenvalue weighted by atomic mass is 79.9. The molecule has 0 saturated carbocycles. The number of rotatable bonds is 4. The zero-order valence-electron chi connectivity index (χ0n) is 10.4. The number of aliphatic hydroxyl groups excluding tert-OH is 1. The molecule has 108 valence electrons. The van der Waals surface area contributed by atoms with Gasteiger partial charge in [-0.05, 0) is 41.1 Å². The number of hydrogen-bond acceptors (Lipinski definition) is 4. The van der Waals surface area contributed by atoms with E-state index in [2.05, 4.69) is 20.7 Å². The molecule has 2 rings (SSSR count). The maximum atomic E-state index is 12.4. The molecule has 0 fully saturated rings. The van der Waals surface area contributed by atoms with E-state index in [1.54, 1.807) is 25.1 Å². The summed E-state index contributed by atoms with van der Waals surface area (Å²) in [6.45, 7) is 1.52. The molecule has 1 heterocycles. The first-order valence-corrected chi connectivity index (χ1v) is 8.99. The summed E-state index contributed by atoms with van der Waals surface area (Å²) in [6.07, 6.45) is 0. The highest BCUT2D eigenvalue weighted by molar-refractivity contribution is 9.10. The number of aryl methyl sites for hydroxylation is 1. The standard InChI is InChI=1S/C12H11BrClNO3S2/c1-7-11(5-8(6-16)19-7)20(17,18)15-10-4-2-3-9(14)12(10)13/h2-5,15-16H,6H2,1H3. The van der Waals surface area contributed by atoms with Crippen LogP contribution in [0.4, 0.5) is 5.69 Å². The molecule has 0 aliphatic rings. The van der Waals surface area contributed by atoms with Gasteiger partial charge in [-0.3, -0.25) is 4.72 Å². The van der Waals surface area contributed by atoms with E-state index < -0.39 is 10.0 Å². The molecule has 0 aliphatic carbocycles. The van der Waals surface area contributed by atoms with Gasteiger partial charge < -0.3 is 5.11 Å². The Morgan fingerprint density at radius 1 is 1.45 bits per heavy atom. The summed E-state index contributed by atoms with van der Waals surface area (Å²) < 4.78 is 27.7. The van der Waals surface area contributed by atoms with E-state index in [0.717, 1.165) is 0 Å². The number of nitrogens with one attached hydrogen (secondary N) is 1. The van der Waals surface area contributed by atoms with Gasteiger partial charge in [0.25, 0.3) is 10.0 Å². The molecule has 0 amide bonds. The maximum absolute atomic E-state index is 12.4. The predicted molar refractivity (Wildman–Crippen MR) is 84.9 cm³/mol. The molecule has 8 heteroatoms. The molecular formula is C12H11BrClNO3S2. The first kappa shape index (κ1) is 15.8. The van der Waals surface area contributed by atoms with Gasteiger partial charge in [0.2, 0.25) is 0 Å². The molecule has 0 bridgehead atoms. The van der Waals surface area contributed by atoms with Crippen molar-refractivity contribution in [1.82, 2.24) is 0 Å². The predicted octanol–water partition coefficient (Wildman–Crippen LogP) is 3.77. The Morgan fingerprint density at radius 3 is 2.75 bits per heavy atom. The highest BCUT2D eigenvalue weighted by Gasteiger charge is 2.21. The van der Waals surface area contributed by atoms with Crippen molar-refractivity contribution in [2.75, 3.05) is 4.72 Å². The Labute approximate surface area is 134 Å². The Kier molecular flexibility index (Phi) is 4.76. The number of hydrogen-bond donors (Lipinski definition) is 2. The van der Waals surface area contributed by atoms with Crippen LogP contribution in [0.5, 0.6) is 0 Å². The summed E-state index contributed by atoms with van der Waals surface area (Å²) in [5, 5.41) is 9.50. The van der Waals surface area contributed by atoms with Crippen LogP contribution >= 0.6 is 38.9 Å². The molecule has 0 spiro atoms. The SMILES string of the molecule is Cc1sc(CO)cc1S(=O)(=O)Nc1cccc(Cl)c1Br. The average Bonchev–Trinajstić information content (AvgIpc) is 2.77. The lowest BCUT2D eigenvalue weighted by Crippen LogP contribution is -2.13. The van der Waals surface area contributed by atoms with Gasteiger partial charge in [0, 0.05) is 9.75 Å².